The lowest BCUT2D eigenvalue weighted by Crippen LogP contribution is -2.57. The lowest BCUT2D eigenvalue weighted by molar-refractivity contribution is -0.145. The van der Waals surface area contributed by atoms with E-state index in [1.807, 2.05) is 0 Å². The summed E-state index contributed by atoms with van der Waals surface area (Å²) in [5.41, 5.74) is -1.69. The van der Waals surface area contributed by atoms with E-state index in [1.54, 1.807) is 13.0 Å². The fourth-order valence-corrected chi connectivity index (χ4v) is 6.38. The summed E-state index contributed by atoms with van der Waals surface area (Å²) in [6.45, 7) is 3.69. The molecule has 12 heteroatoms. The Balaban J connectivity index is 1.54. The van der Waals surface area contributed by atoms with E-state index in [-0.39, 0.29) is 30.3 Å². The maximum Gasteiger partial charge on any atom is 0.311 e. The van der Waals surface area contributed by atoms with Crippen LogP contribution in [-0.2, 0) is 28.2 Å². The third-order valence-corrected chi connectivity index (χ3v) is 8.68. The van der Waals surface area contributed by atoms with Crippen LogP contribution in [0.3, 0.4) is 0 Å². The molecule has 6 rings (SSSR count). The van der Waals surface area contributed by atoms with Gasteiger partial charge in [0.2, 0.25) is 5.75 Å². The Labute approximate surface area is 231 Å². The molecule has 4 heterocycles. The highest BCUT2D eigenvalue weighted by Crippen LogP contribution is 2.48. The highest BCUT2D eigenvalue weighted by molar-refractivity contribution is 6.35. The van der Waals surface area contributed by atoms with Crippen molar-refractivity contribution in [3.05, 3.63) is 57.0 Å². The van der Waals surface area contributed by atoms with Crippen molar-refractivity contribution >= 4 is 17.7 Å². The summed E-state index contributed by atoms with van der Waals surface area (Å²) in [7, 11) is 2.96. The number of halogens is 1. The summed E-state index contributed by atoms with van der Waals surface area (Å²) in [6.07, 6.45) is 4.25. The van der Waals surface area contributed by atoms with Crippen LogP contribution in [0.15, 0.2) is 23.0 Å². The average molecular weight is 555 g/mol. The zero-order valence-corrected chi connectivity index (χ0v) is 23.1. The number of hydrogen-bond donors (Lipinski definition) is 3. The van der Waals surface area contributed by atoms with Gasteiger partial charge in [-0.3, -0.25) is 28.6 Å². The molecule has 1 aromatic heterocycles. The Morgan fingerprint density at radius 3 is 2.42 bits per heavy atom. The molecule has 3 N–H and O–H groups in total. The smallest absolute Gasteiger partial charge is 0.311 e. The van der Waals surface area contributed by atoms with E-state index in [2.05, 4.69) is 20.5 Å². The molecule has 2 fully saturated rings. The quantitative estimate of drug-likeness (QED) is 0.472. The van der Waals surface area contributed by atoms with Crippen molar-refractivity contribution in [3.63, 3.8) is 0 Å². The summed E-state index contributed by atoms with van der Waals surface area (Å²) in [4.78, 5) is 60.4. The maximum absolute atomic E-state index is 13.6. The van der Waals surface area contributed by atoms with Gasteiger partial charge in [0.25, 0.3) is 11.5 Å². The van der Waals surface area contributed by atoms with Gasteiger partial charge >= 0.3 is 11.8 Å². The minimum atomic E-state index is -1.17. The number of rotatable bonds is 5. The molecule has 1 aliphatic carbocycles. The van der Waals surface area contributed by atoms with Crippen molar-refractivity contribution < 1.29 is 23.9 Å². The molecule has 2 bridgehead atoms. The SMILES string of the molecule is Cc1cc(CNC(=O)c2nc3n(c(=O)c2O)CC2(N4CCCC4)CCC3(NC(=O)C(=O)N(C)C)CC2)ccc1F. The number of likely N-dealkylation sites (tertiary alicyclic amines) is 1. The van der Waals surface area contributed by atoms with Crippen LogP contribution in [0.5, 0.6) is 5.75 Å². The fraction of sp³-hybridized carbons (Fsp3) is 0.536. The van der Waals surface area contributed by atoms with Crippen LogP contribution in [0.4, 0.5) is 4.39 Å². The molecule has 3 aliphatic heterocycles. The molecule has 1 aromatic carbocycles. The number of benzene rings is 1. The summed E-state index contributed by atoms with van der Waals surface area (Å²) < 4.78 is 15.0. The molecule has 214 valence electrons. The number of nitrogens with one attached hydrogen (secondary N) is 2. The number of carbonyl (C=O) groups excluding carboxylic acids is 3. The van der Waals surface area contributed by atoms with Crippen LogP contribution in [0.25, 0.3) is 0 Å². The number of likely N-dealkylation sites (N-methyl/N-ethyl adjacent to an activating group) is 1. The van der Waals surface area contributed by atoms with Crippen molar-refractivity contribution in [2.75, 3.05) is 27.2 Å². The number of hydrogen-bond acceptors (Lipinski definition) is 7. The van der Waals surface area contributed by atoms with Crippen LogP contribution < -0.4 is 16.2 Å². The first-order chi connectivity index (χ1) is 19.0. The number of aromatic hydroxyl groups is 1. The molecule has 2 aromatic rings. The van der Waals surface area contributed by atoms with Crippen molar-refractivity contribution in [2.45, 2.75) is 69.6 Å². The number of fused-ring (bicyclic) bond motifs is 2. The van der Waals surface area contributed by atoms with Crippen LogP contribution >= 0.6 is 0 Å². The molecule has 0 unspecified atom stereocenters. The second kappa shape index (κ2) is 10.3. The minimum absolute atomic E-state index is 0.0246. The zero-order chi connectivity index (χ0) is 28.8. The van der Waals surface area contributed by atoms with Crippen LogP contribution in [-0.4, -0.2) is 74.9 Å². The third-order valence-electron chi connectivity index (χ3n) is 8.68. The Kier molecular flexibility index (Phi) is 7.15. The Hall–Kier alpha value is -3.80. The molecular formula is C28H35FN6O5. The second-order valence-corrected chi connectivity index (χ2v) is 11.4. The summed E-state index contributed by atoms with van der Waals surface area (Å²) >= 11 is 0. The number of nitrogens with zero attached hydrogens (tertiary/aromatic N) is 4. The normalized spacial score (nSPS) is 23.8. The zero-order valence-electron chi connectivity index (χ0n) is 23.1. The topological polar surface area (TPSA) is 137 Å². The maximum atomic E-state index is 13.6. The Morgan fingerprint density at radius 2 is 1.80 bits per heavy atom. The van der Waals surface area contributed by atoms with E-state index in [1.165, 1.54) is 35.7 Å². The molecule has 40 heavy (non-hydrogen) atoms. The van der Waals surface area contributed by atoms with Gasteiger partial charge in [0.15, 0.2) is 5.69 Å². The highest BCUT2D eigenvalue weighted by Gasteiger charge is 2.54. The predicted molar refractivity (Wildman–Crippen MR) is 143 cm³/mol. The van der Waals surface area contributed by atoms with Gasteiger partial charge in [-0.25, -0.2) is 9.37 Å². The average Bonchev–Trinajstić information content (AvgIpc) is 3.40. The fourth-order valence-electron chi connectivity index (χ4n) is 6.38. The van der Waals surface area contributed by atoms with E-state index in [9.17, 15) is 28.7 Å². The van der Waals surface area contributed by atoms with Crippen LogP contribution in [0.2, 0.25) is 0 Å². The lowest BCUT2D eigenvalue weighted by Gasteiger charge is -2.47. The highest BCUT2D eigenvalue weighted by atomic mass is 19.1. The van der Waals surface area contributed by atoms with E-state index in [0.29, 0.717) is 36.8 Å². The summed E-state index contributed by atoms with van der Waals surface area (Å²) in [6, 6.07) is 4.43. The molecule has 0 radical (unpaired) electrons. The number of aromatic nitrogens is 2. The number of aryl methyl sites for hydroxylation is 1. The standard InChI is InChI=1S/C28H35FN6O5/c1-17-14-18(6-7-19(17)29)15-30-22(37)20-21(36)24(39)35-16-27(34-12-4-5-13-34)8-10-28(11-9-27,26(35)31-20)32-23(38)25(40)33(2)3/h6-7,14,36H,4-5,8-13,15-16H2,1-3H3,(H,30,37)(H,32,38). The summed E-state index contributed by atoms with van der Waals surface area (Å²) in [5, 5.41) is 16.4. The second-order valence-electron chi connectivity index (χ2n) is 11.4. The summed E-state index contributed by atoms with van der Waals surface area (Å²) in [5.74, 6) is -3.33. The molecule has 0 spiro atoms. The monoisotopic (exact) mass is 554 g/mol. The van der Waals surface area contributed by atoms with Crippen LogP contribution in [0, 0.1) is 12.7 Å². The first kappa shape index (κ1) is 27.8. The molecule has 0 atom stereocenters. The lowest BCUT2D eigenvalue weighted by atomic mass is 9.72. The molecule has 3 amide bonds. The first-order valence-electron chi connectivity index (χ1n) is 13.6. The van der Waals surface area contributed by atoms with Gasteiger partial charge in [0.1, 0.15) is 11.6 Å². The van der Waals surface area contributed by atoms with Gasteiger partial charge in [-0.2, -0.15) is 0 Å². The Bertz CT molecular complexity index is 1420. The van der Waals surface area contributed by atoms with Gasteiger partial charge in [-0.1, -0.05) is 12.1 Å². The minimum Gasteiger partial charge on any atom is -0.501 e. The van der Waals surface area contributed by atoms with Gasteiger partial charge in [-0.05, 0) is 75.7 Å². The molecule has 11 nitrogen and oxygen atoms in total. The molecular weight excluding hydrogens is 519 g/mol. The van der Waals surface area contributed by atoms with E-state index < -0.39 is 40.3 Å². The Morgan fingerprint density at radius 1 is 1.12 bits per heavy atom. The first-order valence-corrected chi connectivity index (χ1v) is 13.6. The van der Waals surface area contributed by atoms with E-state index in [0.717, 1.165) is 25.9 Å². The van der Waals surface area contributed by atoms with E-state index in [4.69, 9.17) is 0 Å². The molecule has 4 aliphatic rings. The largest absolute Gasteiger partial charge is 0.501 e. The third kappa shape index (κ3) is 4.74. The van der Waals surface area contributed by atoms with Gasteiger partial charge in [0, 0.05) is 32.7 Å². The van der Waals surface area contributed by atoms with Gasteiger partial charge in [0.05, 0.1) is 5.54 Å². The van der Waals surface area contributed by atoms with Crippen molar-refractivity contribution in [1.82, 2.24) is 30.0 Å². The van der Waals surface area contributed by atoms with Crippen molar-refractivity contribution in [2.24, 2.45) is 0 Å². The van der Waals surface area contributed by atoms with E-state index >= 15 is 0 Å². The number of amides is 3. The molecule has 1 saturated carbocycles. The van der Waals surface area contributed by atoms with Gasteiger partial charge < -0.3 is 20.6 Å². The molecule has 1 saturated heterocycles. The van der Waals surface area contributed by atoms with Gasteiger partial charge in [-0.15, -0.1) is 0 Å². The predicted octanol–water partition coefficient (Wildman–Crippen LogP) is 1.15. The van der Waals surface area contributed by atoms with Crippen molar-refractivity contribution in [1.29, 1.82) is 0 Å². The number of carbonyl (C=O) groups is 3. The van der Waals surface area contributed by atoms with Crippen LogP contribution in [0.1, 0.15) is 66.0 Å². The van der Waals surface area contributed by atoms with Crippen molar-refractivity contribution in [3.8, 4) is 5.75 Å².